The second kappa shape index (κ2) is 10.2. The highest BCUT2D eigenvalue weighted by Gasteiger charge is 2.67. The molecule has 0 N–H and O–H groups in total. The molecule has 26 heavy (non-hydrogen) atoms. The quantitative estimate of drug-likeness (QED) is 0.553. The van der Waals surface area contributed by atoms with Crippen molar-refractivity contribution in [2.45, 2.75) is 27.7 Å². The highest BCUT2D eigenvalue weighted by Crippen LogP contribution is 2.25. The van der Waals surface area contributed by atoms with Crippen molar-refractivity contribution in [2.75, 3.05) is 26.4 Å². The van der Waals surface area contributed by atoms with E-state index in [9.17, 15) is 0 Å². The fourth-order valence-corrected chi connectivity index (χ4v) is 15.9. The average molecular weight is 391 g/mol. The first-order valence-corrected chi connectivity index (χ1v) is 14.0. The molecule has 2 rings (SSSR count). The summed E-state index contributed by atoms with van der Waals surface area (Å²) in [6, 6.07) is 20.7. The summed E-state index contributed by atoms with van der Waals surface area (Å²) in [4.78, 5) is 0. The Bertz CT molecular complexity index is 580. The predicted octanol–water partition coefficient (Wildman–Crippen LogP) is 2.91. The van der Waals surface area contributed by atoms with Crippen LogP contribution in [0.5, 0.6) is 0 Å². The Morgan fingerprint density at radius 1 is 0.538 bits per heavy atom. The summed E-state index contributed by atoms with van der Waals surface area (Å²) >= 11 is 0. The Balaban J connectivity index is 2.82. The molecule has 0 saturated heterocycles. The van der Waals surface area contributed by atoms with Gasteiger partial charge < -0.3 is 17.7 Å². The zero-order valence-electron chi connectivity index (χ0n) is 16.2. The van der Waals surface area contributed by atoms with E-state index in [4.69, 9.17) is 17.7 Å². The van der Waals surface area contributed by atoms with Gasteiger partial charge in [-0.15, -0.1) is 0 Å². The molecule has 0 radical (unpaired) electrons. The molecular weight excluding hydrogens is 360 g/mol. The van der Waals surface area contributed by atoms with Crippen LogP contribution in [-0.2, 0) is 17.7 Å². The minimum absolute atomic E-state index is 0.522. The number of rotatable bonds is 11. The van der Waals surface area contributed by atoms with E-state index in [1.54, 1.807) is 0 Å². The number of hydrogen-bond donors (Lipinski definition) is 0. The molecule has 0 aromatic heterocycles. The normalized spacial score (nSPS) is 12.3. The molecule has 0 amide bonds. The summed E-state index contributed by atoms with van der Waals surface area (Å²) in [5.41, 5.74) is 0. The van der Waals surface area contributed by atoms with Gasteiger partial charge >= 0.3 is 16.2 Å². The van der Waals surface area contributed by atoms with Gasteiger partial charge in [-0.25, -0.2) is 0 Å². The van der Waals surface area contributed by atoms with E-state index in [1.807, 2.05) is 64.1 Å². The zero-order valence-corrected chi connectivity index (χ0v) is 18.2. The van der Waals surface area contributed by atoms with E-state index < -0.39 is 16.2 Å². The fraction of sp³-hybridized carbons (Fsp3) is 0.400. The molecule has 0 fully saturated rings. The van der Waals surface area contributed by atoms with E-state index >= 15 is 0 Å². The SMILES string of the molecule is CCO[Si](OCC)(OCC)[Si](OCC)(c1ccccc1)c1ccccc1. The molecule has 6 heteroatoms. The smallest absolute Gasteiger partial charge is 0.405 e. The fourth-order valence-electron chi connectivity index (χ4n) is 3.34. The Hall–Kier alpha value is -1.29. The van der Waals surface area contributed by atoms with Gasteiger partial charge in [0.2, 0.25) is 0 Å². The van der Waals surface area contributed by atoms with Gasteiger partial charge in [0.25, 0.3) is 0 Å². The molecule has 0 bridgehead atoms. The lowest BCUT2D eigenvalue weighted by Crippen LogP contribution is -2.82. The van der Waals surface area contributed by atoms with Crippen LogP contribution in [0, 0.1) is 0 Å². The molecule has 0 aliphatic rings. The molecule has 0 aliphatic carbocycles. The summed E-state index contributed by atoms with van der Waals surface area (Å²) < 4.78 is 25.8. The van der Waals surface area contributed by atoms with Crippen LogP contribution in [-0.4, -0.2) is 42.6 Å². The lowest BCUT2D eigenvalue weighted by Gasteiger charge is -2.43. The molecule has 2 aromatic rings. The van der Waals surface area contributed by atoms with Crippen LogP contribution in [0.15, 0.2) is 60.7 Å². The van der Waals surface area contributed by atoms with Gasteiger partial charge in [-0.1, -0.05) is 60.7 Å². The van der Waals surface area contributed by atoms with Crippen molar-refractivity contribution in [1.82, 2.24) is 0 Å². The number of hydrogen-bond acceptors (Lipinski definition) is 4. The average Bonchev–Trinajstić information content (AvgIpc) is 2.68. The van der Waals surface area contributed by atoms with E-state index in [-0.39, 0.29) is 0 Å². The van der Waals surface area contributed by atoms with Gasteiger partial charge in [0.1, 0.15) is 0 Å². The minimum atomic E-state index is -3.16. The third-order valence-electron chi connectivity index (χ3n) is 4.16. The van der Waals surface area contributed by atoms with Crippen LogP contribution in [0.4, 0.5) is 0 Å². The van der Waals surface area contributed by atoms with Gasteiger partial charge in [-0.05, 0) is 38.1 Å². The van der Waals surface area contributed by atoms with Gasteiger partial charge in [-0.2, -0.15) is 0 Å². The second-order valence-corrected chi connectivity index (χ2v) is 14.4. The molecule has 0 aliphatic heterocycles. The summed E-state index contributed by atoms with van der Waals surface area (Å²) in [6.45, 7) is 10.1. The lowest BCUT2D eigenvalue weighted by atomic mass is 10.4. The molecule has 0 heterocycles. The summed E-state index contributed by atoms with van der Waals surface area (Å²) in [6.07, 6.45) is 0. The molecule has 4 nitrogen and oxygen atoms in total. The van der Waals surface area contributed by atoms with Crippen molar-refractivity contribution in [3.63, 3.8) is 0 Å². The zero-order chi connectivity index (χ0) is 18.9. The minimum Gasteiger partial charge on any atom is -0.405 e. The van der Waals surface area contributed by atoms with Crippen molar-refractivity contribution in [3.8, 4) is 0 Å². The predicted molar refractivity (Wildman–Crippen MR) is 110 cm³/mol. The molecule has 142 valence electrons. The van der Waals surface area contributed by atoms with E-state index in [0.29, 0.717) is 26.4 Å². The highest BCUT2D eigenvalue weighted by molar-refractivity contribution is 7.43. The molecule has 0 atom stereocenters. The van der Waals surface area contributed by atoms with E-state index in [1.165, 1.54) is 0 Å². The second-order valence-electron chi connectivity index (χ2n) is 5.70. The Labute approximate surface area is 159 Å². The first kappa shape index (κ1) is 21.0. The highest BCUT2D eigenvalue weighted by atomic mass is 29.3. The third-order valence-corrected chi connectivity index (χ3v) is 16.1. The molecule has 0 unspecified atom stereocenters. The van der Waals surface area contributed by atoms with Crippen LogP contribution >= 0.6 is 0 Å². The van der Waals surface area contributed by atoms with Crippen molar-refractivity contribution >= 4 is 26.5 Å². The third kappa shape index (κ3) is 4.00. The first-order valence-electron chi connectivity index (χ1n) is 9.37. The van der Waals surface area contributed by atoms with Crippen LogP contribution in [0.1, 0.15) is 27.7 Å². The largest absolute Gasteiger partial charge is 0.515 e. The van der Waals surface area contributed by atoms with Gasteiger partial charge in [0.15, 0.2) is 0 Å². The van der Waals surface area contributed by atoms with Crippen LogP contribution < -0.4 is 10.4 Å². The Kier molecular flexibility index (Phi) is 8.21. The monoisotopic (exact) mass is 390 g/mol. The van der Waals surface area contributed by atoms with Crippen molar-refractivity contribution in [3.05, 3.63) is 60.7 Å². The summed E-state index contributed by atoms with van der Waals surface area (Å²) in [7, 11) is -6.08. The van der Waals surface area contributed by atoms with E-state index in [0.717, 1.165) is 10.4 Å². The number of benzene rings is 2. The lowest BCUT2D eigenvalue weighted by molar-refractivity contribution is 0.0844. The van der Waals surface area contributed by atoms with Crippen molar-refractivity contribution in [2.24, 2.45) is 0 Å². The first-order chi connectivity index (χ1) is 12.7. The van der Waals surface area contributed by atoms with Crippen molar-refractivity contribution in [1.29, 1.82) is 0 Å². The van der Waals surface area contributed by atoms with Crippen LogP contribution in [0.3, 0.4) is 0 Å². The van der Waals surface area contributed by atoms with Crippen LogP contribution in [0.25, 0.3) is 0 Å². The summed E-state index contributed by atoms with van der Waals surface area (Å²) in [5, 5.41) is 2.24. The summed E-state index contributed by atoms with van der Waals surface area (Å²) in [5.74, 6) is 0. The Morgan fingerprint density at radius 3 is 1.19 bits per heavy atom. The topological polar surface area (TPSA) is 36.9 Å². The Morgan fingerprint density at radius 2 is 0.885 bits per heavy atom. The molecule has 0 spiro atoms. The maximum absolute atomic E-state index is 6.65. The maximum atomic E-state index is 6.65. The molecular formula is C20H30O4Si2. The van der Waals surface area contributed by atoms with Crippen molar-refractivity contribution < 1.29 is 17.7 Å². The van der Waals surface area contributed by atoms with Crippen LogP contribution in [0.2, 0.25) is 0 Å². The van der Waals surface area contributed by atoms with Gasteiger partial charge in [0, 0.05) is 26.4 Å². The molecule has 2 aromatic carbocycles. The maximum Gasteiger partial charge on any atom is 0.515 e. The molecule has 0 saturated carbocycles. The van der Waals surface area contributed by atoms with Gasteiger partial charge in [0.05, 0.1) is 0 Å². The van der Waals surface area contributed by atoms with Gasteiger partial charge in [-0.3, -0.25) is 0 Å². The standard InChI is InChI=1S/C20H30O4Si2/c1-5-21-25(19-15-11-9-12-16-19,20-17-13-10-14-18-20)26(22-6-2,23-7-3)24-8-4/h9-18H,5-8H2,1-4H3. The van der Waals surface area contributed by atoms with E-state index in [2.05, 4.69) is 24.3 Å².